The average molecular weight is 655 g/mol. The van der Waals surface area contributed by atoms with Gasteiger partial charge < -0.3 is 19.0 Å². The molecule has 1 N–H and O–H groups in total. The maximum atomic E-state index is 14.4. The van der Waals surface area contributed by atoms with Crippen LogP contribution in [0.4, 0.5) is 4.39 Å². The van der Waals surface area contributed by atoms with Crippen LogP contribution < -0.4 is 0 Å². The Morgan fingerprint density at radius 1 is 1.20 bits per heavy atom. The summed E-state index contributed by atoms with van der Waals surface area (Å²) in [4.78, 5) is 52.1. The van der Waals surface area contributed by atoms with E-state index < -0.39 is 40.1 Å². The number of rotatable bonds is 7. The summed E-state index contributed by atoms with van der Waals surface area (Å²) in [7, 11) is 0. The number of halogens is 1. The van der Waals surface area contributed by atoms with Crippen molar-refractivity contribution in [3.8, 4) is 11.8 Å². The molecule has 10 heteroatoms. The van der Waals surface area contributed by atoms with Crippen LogP contribution in [-0.4, -0.2) is 57.7 Å². The minimum absolute atomic E-state index is 0.0111. The molecule has 0 radical (unpaired) electrons. The second-order valence-electron chi connectivity index (χ2n) is 14.5. The highest BCUT2D eigenvalue weighted by Crippen LogP contribution is 2.70. The fourth-order valence-electron chi connectivity index (χ4n) is 9.17. The summed E-state index contributed by atoms with van der Waals surface area (Å²) in [6, 6.07) is 3.07. The third-order valence-corrected chi connectivity index (χ3v) is 11.8. The number of carbonyl (C=O) groups excluding carboxylic acids is 4. The largest absolute Gasteiger partial charge is 0.457 e. The van der Waals surface area contributed by atoms with Crippen LogP contribution in [-0.2, 0) is 23.9 Å². The van der Waals surface area contributed by atoms with Crippen molar-refractivity contribution < 1.29 is 42.6 Å². The molecule has 4 aliphatic carbocycles. The molecule has 1 aromatic rings. The van der Waals surface area contributed by atoms with Crippen LogP contribution >= 0.6 is 11.8 Å². The smallest absolute Gasteiger partial charge is 0.375 e. The van der Waals surface area contributed by atoms with Gasteiger partial charge in [0, 0.05) is 22.7 Å². The summed E-state index contributed by atoms with van der Waals surface area (Å²) in [6.45, 7) is 10.4. The molecule has 0 saturated heterocycles. The molecule has 0 amide bonds. The number of aliphatic hydroxyl groups is 1. The summed E-state index contributed by atoms with van der Waals surface area (Å²) in [5.74, 6) is 3.56. The van der Waals surface area contributed by atoms with Crippen LogP contribution in [0.2, 0.25) is 0 Å². The van der Waals surface area contributed by atoms with Gasteiger partial charge in [0.15, 0.2) is 18.0 Å². The first-order valence-corrected chi connectivity index (χ1v) is 16.9. The molecule has 1 heterocycles. The Hall–Kier alpha value is -3.16. The second kappa shape index (κ2) is 12.5. The van der Waals surface area contributed by atoms with Crippen LogP contribution in [0.25, 0.3) is 0 Å². The average Bonchev–Trinajstić information content (AvgIpc) is 3.57. The van der Waals surface area contributed by atoms with E-state index in [1.54, 1.807) is 18.2 Å². The number of thioether (sulfide) groups is 1. The number of furan rings is 1. The highest BCUT2D eigenvalue weighted by atomic mass is 32.2. The Balaban J connectivity index is 1.43. The number of allylic oxidation sites excluding steroid dienone is 4. The summed E-state index contributed by atoms with van der Waals surface area (Å²) >= 11 is 0.927. The number of esters is 2. The van der Waals surface area contributed by atoms with Crippen molar-refractivity contribution in [1.82, 2.24) is 0 Å². The molecule has 5 rings (SSSR count). The highest BCUT2D eigenvalue weighted by molar-refractivity contribution is 8.14. The van der Waals surface area contributed by atoms with E-state index in [2.05, 4.69) is 25.7 Å². The number of ketones is 1. The third kappa shape index (κ3) is 5.90. The van der Waals surface area contributed by atoms with Gasteiger partial charge in [0.25, 0.3) is 0 Å². The maximum Gasteiger partial charge on any atom is 0.375 e. The van der Waals surface area contributed by atoms with Gasteiger partial charge >= 0.3 is 11.9 Å². The van der Waals surface area contributed by atoms with Gasteiger partial charge in [-0.05, 0) is 75.1 Å². The number of carbonyl (C=O) groups is 4. The van der Waals surface area contributed by atoms with E-state index in [4.69, 9.17) is 13.9 Å². The summed E-state index contributed by atoms with van der Waals surface area (Å²) in [6.07, 6.45) is 7.00. The molecule has 0 aliphatic heterocycles. The zero-order chi connectivity index (χ0) is 33.7. The fourth-order valence-corrected chi connectivity index (χ4v) is 10.2. The number of ether oxygens (including phenoxy) is 2. The minimum atomic E-state index is -1.69. The topological polar surface area (TPSA) is 120 Å². The SMILES string of the molecule is C[C@@H]1CC2C3C[C@H](C)C4=CC(=O)C=C[C@]4(C)C3C(O)CC2(C)[C@@]1(OC(=O)c1ccco1)C(=O)SCC#CCOC(=O)CC(C)(C)F. The molecule has 0 aromatic carbocycles. The number of aliphatic hydroxyl groups excluding tert-OH is 1. The predicted octanol–water partition coefficient (Wildman–Crippen LogP) is 5.89. The van der Waals surface area contributed by atoms with Gasteiger partial charge in [-0.3, -0.25) is 14.4 Å². The van der Waals surface area contributed by atoms with Crippen molar-refractivity contribution in [3.05, 3.63) is 48.0 Å². The second-order valence-corrected chi connectivity index (χ2v) is 15.4. The molecule has 5 unspecified atom stereocenters. The Bertz CT molecular complexity index is 1510. The summed E-state index contributed by atoms with van der Waals surface area (Å²) in [5.41, 5.74) is -3.65. The van der Waals surface area contributed by atoms with Crippen molar-refractivity contribution in [2.75, 3.05) is 12.4 Å². The molecule has 8 nitrogen and oxygen atoms in total. The maximum absolute atomic E-state index is 14.4. The predicted molar refractivity (Wildman–Crippen MR) is 170 cm³/mol. The van der Waals surface area contributed by atoms with Gasteiger partial charge in [0.05, 0.1) is 24.5 Å². The molecule has 3 fully saturated rings. The first kappa shape index (κ1) is 34.2. The van der Waals surface area contributed by atoms with Crippen molar-refractivity contribution >= 4 is 34.6 Å². The Morgan fingerprint density at radius 2 is 1.93 bits per heavy atom. The van der Waals surface area contributed by atoms with E-state index in [-0.39, 0.29) is 71.4 Å². The molecule has 0 spiro atoms. The zero-order valence-corrected chi connectivity index (χ0v) is 28.1. The van der Waals surface area contributed by atoms with Gasteiger partial charge in [0.1, 0.15) is 5.67 Å². The molecule has 3 saturated carbocycles. The van der Waals surface area contributed by atoms with Crippen molar-refractivity contribution in [2.45, 2.75) is 84.6 Å². The molecule has 9 atom stereocenters. The third-order valence-electron chi connectivity index (χ3n) is 10.9. The van der Waals surface area contributed by atoms with E-state index in [9.17, 15) is 28.7 Å². The summed E-state index contributed by atoms with van der Waals surface area (Å²) in [5, 5.41) is 11.6. The zero-order valence-electron chi connectivity index (χ0n) is 27.3. The normalized spacial score (nSPS) is 36.3. The minimum Gasteiger partial charge on any atom is -0.457 e. The van der Waals surface area contributed by atoms with Crippen LogP contribution in [0.15, 0.2) is 46.6 Å². The Morgan fingerprint density at radius 3 is 2.61 bits per heavy atom. The first-order valence-electron chi connectivity index (χ1n) is 15.9. The first-order chi connectivity index (χ1) is 21.5. The van der Waals surface area contributed by atoms with E-state index in [1.807, 2.05) is 19.9 Å². The lowest BCUT2D eigenvalue weighted by Crippen LogP contribution is -2.63. The number of alkyl halides is 1. The van der Waals surface area contributed by atoms with Crippen LogP contribution in [0.5, 0.6) is 0 Å². The molecule has 0 bridgehead atoms. The van der Waals surface area contributed by atoms with Gasteiger partial charge in [-0.1, -0.05) is 62.9 Å². The van der Waals surface area contributed by atoms with Gasteiger partial charge in [0.2, 0.25) is 10.9 Å². The highest BCUT2D eigenvalue weighted by Gasteiger charge is 2.73. The van der Waals surface area contributed by atoms with Crippen molar-refractivity contribution in [1.29, 1.82) is 0 Å². The summed E-state index contributed by atoms with van der Waals surface area (Å²) < 4.78 is 30.3. The lowest BCUT2D eigenvalue weighted by Gasteiger charge is -2.61. The van der Waals surface area contributed by atoms with Gasteiger partial charge in [-0.25, -0.2) is 9.18 Å². The number of hydrogen-bond acceptors (Lipinski definition) is 9. The van der Waals surface area contributed by atoms with Crippen molar-refractivity contribution in [2.24, 2.45) is 40.4 Å². The van der Waals surface area contributed by atoms with E-state index in [0.29, 0.717) is 6.42 Å². The molecule has 248 valence electrons. The number of hydrogen-bond donors (Lipinski definition) is 1. The fraction of sp³-hybridized carbons (Fsp3) is 0.611. The molecular weight excluding hydrogens is 611 g/mol. The van der Waals surface area contributed by atoms with Gasteiger partial charge in [-0.2, -0.15) is 0 Å². The molecule has 4 aliphatic rings. The molecule has 1 aromatic heterocycles. The van der Waals surface area contributed by atoms with Gasteiger partial charge in [-0.15, -0.1) is 0 Å². The lowest BCUT2D eigenvalue weighted by molar-refractivity contribution is -0.178. The van der Waals surface area contributed by atoms with E-state index >= 15 is 0 Å². The van der Waals surface area contributed by atoms with Crippen LogP contribution in [0, 0.1) is 52.3 Å². The molecular formula is C36H43FO8S. The standard InChI is InChI=1S/C36H43FO8S/c1-21-16-24-26-17-22(2)36(45-31(41)28-10-9-14-43-28,32(42)46-15-8-7-13-44-29(40)20-33(3,4)37)35(26,6)19-27(39)30(24)34(5)12-11-23(38)18-25(21)34/h9-12,14,18,21-22,24,26-27,30,39H,13,15-17,19-20H2,1-6H3/t21-,22+,24?,26?,27?,30?,34-,35?,36-/m0/s1. The van der Waals surface area contributed by atoms with Crippen LogP contribution in [0.1, 0.15) is 77.8 Å². The molecule has 46 heavy (non-hydrogen) atoms. The van der Waals surface area contributed by atoms with E-state index in [1.165, 1.54) is 26.2 Å². The monoisotopic (exact) mass is 654 g/mol. The number of fused-ring (bicyclic) bond motifs is 5. The van der Waals surface area contributed by atoms with Crippen molar-refractivity contribution in [3.63, 3.8) is 0 Å². The van der Waals surface area contributed by atoms with E-state index in [0.717, 1.165) is 23.8 Å². The Kier molecular flexibility index (Phi) is 9.26. The quantitative estimate of drug-likeness (QED) is 0.284. The lowest BCUT2D eigenvalue weighted by atomic mass is 9.45. The Labute approximate surface area is 273 Å². The van der Waals surface area contributed by atoms with Crippen LogP contribution in [0.3, 0.4) is 0 Å².